The molecule has 0 N–H and O–H groups in total. The van der Waals surface area contributed by atoms with Gasteiger partial charge in [0, 0.05) is 33.4 Å². The lowest BCUT2D eigenvalue weighted by Crippen LogP contribution is -2.11. The minimum atomic E-state index is 0.470. The number of para-hydroxylation sites is 4. The summed E-state index contributed by atoms with van der Waals surface area (Å²) < 4.78 is 8.58. The SMILES string of the molecule is c1ccc(-c2nnc(-c3ccccc3N(c3ccccc3)c3ccc4c(c3)c3ccccc3n4-c3ccccc3)o2)cc1. The molecule has 0 bridgehead atoms. The van der Waals surface area contributed by atoms with Crippen LogP contribution in [0.1, 0.15) is 0 Å². The Balaban J connectivity index is 1.33. The van der Waals surface area contributed by atoms with E-state index < -0.39 is 0 Å². The average molecular weight is 555 g/mol. The van der Waals surface area contributed by atoms with Crippen LogP contribution in [-0.4, -0.2) is 14.8 Å². The standard InChI is InChI=1S/C38H26N4O/c1-4-14-27(15-5-1)37-39-40-38(43-37)32-21-11-13-23-35(32)41(28-16-6-2-7-17-28)30-24-25-36-33(26-30)31-20-10-12-22-34(31)42(36)29-18-8-3-9-19-29/h1-26H. The average Bonchev–Trinajstić information content (AvgIpc) is 3.70. The molecule has 0 aliphatic rings. The third-order valence-corrected chi connectivity index (χ3v) is 7.76. The number of anilines is 3. The summed E-state index contributed by atoms with van der Waals surface area (Å²) in [4.78, 5) is 2.26. The second kappa shape index (κ2) is 10.5. The van der Waals surface area contributed by atoms with Gasteiger partial charge in [-0.05, 0) is 72.8 Å². The summed E-state index contributed by atoms with van der Waals surface area (Å²) in [6.45, 7) is 0. The van der Waals surface area contributed by atoms with Crippen molar-refractivity contribution < 1.29 is 4.42 Å². The van der Waals surface area contributed by atoms with Gasteiger partial charge in [0.25, 0.3) is 0 Å². The van der Waals surface area contributed by atoms with Crippen LogP contribution in [0.25, 0.3) is 50.4 Å². The van der Waals surface area contributed by atoms with E-state index in [9.17, 15) is 0 Å². The molecule has 8 rings (SSSR count). The lowest BCUT2D eigenvalue weighted by atomic mass is 10.1. The number of aromatic nitrogens is 3. The first-order valence-corrected chi connectivity index (χ1v) is 14.3. The number of benzene rings is 6. The number of fused-ring (bicyclic) bond motifs is 3. The van der Waals surface area contributed by atoms with Crippen LogP contribution >= 0.6 is 0 Å². The summed E-state index contributed by atoms with van der Waals surface area (Å²) >= 11 is 0. The predicted molar refractivity (Wildman–Crippen MR) is 174 cm³/mol. The van der Waals surface area contributed by atoms with Crippen molar-refractivity contribution in [1.82, 2.24) is 14.8 Å². The largest absolute Gasteiger partial charge is 0.416 e. The topological polar surface area (TPSA) is 47.1 Å². The van der Waals surface area contributed by atoms with Crippen LogP contribution in [0.2, 0.25) is 0 Å². The van der Waals surface area contributed by atoms with E-state index in [1.54, 1.807) is 0 Å². The summed E-state index contributed by atoms with van der Waals surface area (Å²) in [6.07, 6.45) is 0. The smallest absolute Gasteiger partial charge is 0.250 e. The minimum Gasteiger partial charge on any atom is -0.416 e. The first-order chi connectivity index (χ1) is 21.3. The molecule has 0 saturated carbocycles. The van der Waals surface area contributed by atoms with Gasteiger partial charge < -0.3 is 13.9 Å². The van der Waals surface area contributed by atoms with Gasteiger partial charge in [-0.2, -0.15) is 0 Å². The van der Waals surface area contributed by atoms with Crippen molar-refractivity contribution in [3.63, 3.8) is 0 Å². The summed E-state index contributed by atoms with van der Waals surface area (Å²) in [5.74, 6) is 0.962. The zero-order valence-electron chi connectivity index (χ0n) is 23.2. The molecular weight excluding hydrogens is 528 g/mol. The molecule has 2 aromatic heterocycles. The van der Waals surface area contributed by atoms with E-state index >= 15 is 0 Å². The van der Waals surface area contributed by atoms with Crippen LogP contribution in [0.5, 0.6) is 0 Å². The van der Waals surface area contributed by atoms with Gasteiger partial charge in [0.05, 0.1) is 22.3 Å². The highest BCUT2D eigenvalue weighted by molar-refractivity contribution is 6.10. The third-order valence-electron chi connectivity index (χ3n) is 7.76. The van der Waals surface area contributed by atoms with E-state index in [0.29, 0.717) is 11.8 Å². The van der Waals surface area contributed by atoms with Crippen LogP contribution in [0.15, 0.2) is 162 Å². The van der Waals surface area contributed by atoms with Gasteiger partial charge in [0.2, 0.25) is 11.8 Å². The van der Waals surface area contributed by atoms with E-state index in [4.69, 9.17) is 4.42 Å². The highest BCUT2D eigenvalue weighted by atomic mass is 16.4. The van der Waals surface area contributed by atoms with E-state index in [1.165, 1.54) is 16.3 Å². The van der Waals surface area contributed by atoms with Crippen LogP contribution < -0.4 is 4.90 Å². The summed E-state index contributed by atoms with van der Waals surface area (Å²) in [7, 11) is 0. The summed E-state index contributed by atoms with van der Waals surface area (Å²) in [5.41, 5.74) is 8.22. The van der Waals surface area contributed by atoms with Crippen LogP contribution in [0, 0.1) is 0 Å². The van der Waals surface area contributed by atoms with Crippen LogP contribution in [0.4, 0.5) is 17.1 Å². The molecule has 0 fully saturated rings. The van der Waals surface area contributed by atoms with Gasteiger partial charge in [-0.15, -0.1) is 10.2 Å². The lowest BCUT2D eigenvalue weighted by molar-refractivity contribution is 0.584. The van der Waals surface area contributed by atoms with Crippen molar-refractivity contribution in [3.05, 3.63) is 158 Å². The maximum Gasteiger partial charge on any atom is 0.250 e. The fraction of sp³-hybridized carbons (Fsp3) is 0. The van der Waals surface area contributed by atoms with Crippen molar-refractivity contribution in [2.45, 2.75) is 0 Å². The fourth-order valence-corrected chi connectivity index (χ4v) is 5.84. The zero-order valence-corrected chi connectivity index (χ0v) is 23.2. The van der Waals surface area contributed by atoms with E-state index in [0.717, 1.165) is 39.4 Å². The lowest BCUT2D eigenvalue weighted by Gasteiger charge is -2.27. The molecule has 0 aliphatic carbocycles. The molecule has 0 aliphatic heterocycles. The first-order valence-electron chi connectivity index (χ1n) is 14.3. The van der Waals surface area contributed by atoms with Crippen molar-refractivity contribution >= 4 is 38.9 Å². The third kappa shape index (κ3) is 4.35. The molecule has 0 unspecified atom stereocenters. The molecule has 0 saturated heterocycles. The molecular formula is C38H26N4O. The minimum absolute atomic E-state index is 0.470. The highest BCUT2D eigenvalue weighted by Gasteiger charge is 2.22. The number of hydrogen-bond acceptors (Lipinski definition) is 4. The molecule has 5 heteroatoms. The Morgan fingerprint density at radius 1 is 0.488 bits per heavy atom. The van der Waals surface area contributed by atoms with Crippen molar-refractivity contribution in [1.29, 1.82) is 0 Å². The quantitative estimate of drug-likeness (QED) is 0.205. The van der Waals surface area contributed by atoms with Gasteiger partial charge in [-0.3, -0.25) is 0 Å². The Morgan fingerprint density at radius 2 is 1.12 bits per heavy atom. The molecule has 6 aromatic carbocycles. The summed E-state index contributed by atoms with van der Waals surface area (Å²) in [5, 5.41) is 11.2. The van der Waals surface area contributed by atoms with Crippen molar-refractivity contribution in [3.8, 4) is 28.6 Å². The molecule has 8 aromatic rings. The Hall–Kier alpha value is -5.94. The second-order valence-corrected chi connectivity index (χ2v) is 10.4. The second-order valence-electron chi connectivity index (χ2n) is 10.4. The maximum absolute atomic E-state index is 6.25. The Morgan fingerprint density at radius 3 is 1.93 bits per heavy atom. The van der Waals surface area contributed by atoms with Crippen LogP contribution in [-0.2, 0) is 0 Å². The molecule has 0 atom stereocenters. The number of nitrogens with zero attached hydrogens (tertiary/aromatic N) is 4. The number of hydrogen-bond donors (Lipinski definition) is 0. The van der Waals surface area contributed by atoms with Crippen molar-refractivity contribution in [2.75, 3.05) is 4.90 Å². The van der Waals surface area contributed by atoms with Gasteiger partial charge in [0.15, 0.2) is 0 Å². The van der Waals surface area contributed by atoms with Gasteiger partial charge in [-0.1, -0.05) is 84.9 Å². The molecule has 0 radical (unpaired) electrons. The maximum atomic E-state index is 6.25. The van der Waals surface area contributed by atoms with Crippen LogP contribution in [0.3, 0.4) is 0 Å². The Bertz CT molecular complexity index is 2180. The highest BCUT2D eigenvalue weighted by Crippen LogP contribution is 2.43. The van der Waals surface area contributed by atoms with Gasteiger partial charge >= 0.3 is 0 Å². The van der Waals surface area contributed by atoms with Gasteiger partial charge in [-0.25, -0.2) is 0 Å². The molecule has 43 heavy (non-hydrogen) atoms. The Kier molecular flexibility index (Phi) is 6.05. The predicted octanol–water partition coefficient (Wildman–Crippen LogP) is 9.97. The molecule has 0 spiro atoms. The van der Waals surface area contributed by atoms with Gasteiger partial charge in [0.1, 0.15) is 0 Å². The van der Waals surface area contributed by atoms with E-state index in [-0.39, 0.29) is 0 Å². The first kappa shape index (κ1) is 24.8. The summed E-state index contributed by atoms with van der Waals surface area (Å²) in [6, 6.07) is 54.2. The monoisotopic (exact) mass is 554 g/mol. The molecule has 2 heterocycles. The zero-order chi connectivity index (χ0) is 28.6. The van der Waals surface area contributed by atoms with E-state index in [2.05, 4.69) is 123 Å². The Labute approximate surface area is 248 Å². The van der Waals surface area contributed by atoms with Crippen molar-refractivity contribution in [2.24, 2.45) is 0 Å². The molecule has 204 valence electrons. The molecule has 0 amide bonds. The number of rotatable bonds is 6. The fourth-order valence-electron chi connectivity index (χ4n) is 5.84. The van der Waals surface area contributed by atoms with E-state index in [1.807, 2.05) is 54.6 Å². The normalized spacial score (nSPS) is 11.3. The molecule has 5 nitrogen and oxygen atoms in total.